The number of pyridine rings is 3. The SMILES string of the molecule is Cc1cc(CC2CCCN(Cc3ccc4cccnc4n3)C2)cc(C)n1. The van der Waals surface area contributed by atoms with Crippen LogP contribution >= 0.6 is 0 Å². The highest BCUT2D eigenvalue weighted by Crippen LogP contribution is 2.23. The van der Waals surface area contributed by atoms with Gasteiger partial charge in [0.15, 0.2) is 5.65 Å². The summed E-state index contributed by atoms with van der Waals surface area (Å²) in [6.45, 7) is 7.39. The van der Waals surface area contributed by atoms with Crippen LogP contribution in [0.4, 0.5) is 0 Å². The molecule has 0 amide bonds. The summed E-state index contributed by atoms with van der Waals surface area (Å²) in [4.78, 5) is 16.2. The Morgan fingerprint density at radius 2 is 1.92 bits per heavy atom. The molecular formula is C22H26N4. The Labute approximate surface area is 155 Å². The predicted octanol–water partition coefficient (Wildman–Crippen LogP) is 4.10. The summed E-state index contributed by atoms with van der Waals surface area (Å²) in [5.74, 6) is 0.712. The number of fused-ring (bicyclic) bond motifs is 1. The fraction of sp³-hybridized carbons (Fsp3) is 0.409. The monoisotopic (exact) mass is 346 g/mol. The number of aryl methyl sites for hydroxylation is 2. The molecule has 1 saturated heterocycles. The molecule has 0 radical (unpaired) electrons. The van der Waals surface area contributed by atoms with Gasteiger partial charge in [0.1, 0.15) is 0 Å². The summed E-state index contributed by atoms with van der Waals surface area (Å²) in [5, 5.41) is 1.11. The van der Waals surface area contributed by atoms with E-state index in [0.29, 0.717) is 5.92 Å². The molecule has 4 heteroatoms. The molecule has 134 valence electrons. The number of piperidine rings is 1. The van der Waals surface area contributed by atoms with Gasteiger partial charge in [-0.1, -0.05) is 0 Å². The van der Waals surface area contributed by atoms with Crippen molar-refractivity contribution in [3.8, 4) is 0 Å². The molecule has 3 aromatic rings. The van der Waals surface area contributed by atoms with E-state index in [1.165, 1.54) is 18.4 Å². The lowest BCUT2D eigenvalue weighted by atomic mass is 9.91. The second-order valence-corrected chi connectivity index (χ2v) is 7.56. The maximum absolute atomic E-state index is 4.74. The number of likely N-dealkylation sites (tertiary alicyclic amines) is 1. The Balaban J connectivity index is 1.42. The van der Waals surface area contributed by atoms with Gasteiger partial charge in [0.05, 0.1) is 5.69 Å². The Morgan fingerprint density at radius 1 is 1.08 bits per heavy atom. The van der Waals surface area contributed by atoms with Gasteiger partial charge in [0.2, 0.25) is 0 Å². The van der Waals surface area contributed by atoms with Gasteiger partial charge in [-0.25, -0.2) is 9.97 Å². The van der Waals surface area contributed by atoms with Crippen molar-refractivity contribution >= 4 is 11.0 Å². The predicted molar refractivity (Wildman–Crippen MR) is 105 cm³/mol. The number of aromatic nitrogens is 3. The molecule has 26 heavy (non-hydrogen) atoms. The molecule has 0 saturated carbocycles. The highest BCUT2D eigenvalue weighted by molar-refractivity contribution is 5.74. The van der Waals surface area contributed by atoms with E-state index < -0.39 is 0 Å². The third-order valence-electron chi connectivity index (χ3n) is 5.18. The highest BCUT2D eigenvalue weighted by atomic mass is 15.1. The molecule has 4 rings (SSSR count). The van der Waals surface area contributed by atoms with Gasteiger partial charge in [-0.15, -0.1) is 0 Å². The van der Waals surface area contributed by atoms with Crippen molar-refractivity contribution in [2.45, 2.75) is 39.7 Å². The number of hydrogen-bond donors (Lipinski definition) is 0. The van der Waals surface area contributed by atoms with Crippen LogP contribution in [0.1, 0.15) is 35.5 Å². The molecule has 0 aliphatic carbocycles. The van der Waals surface area contributed by atoms with Crippen molar-refractivity contribution in [2.75, 3.05) is 13.1 Å². The fourth-order valence-corrected chi connectivity index (χ4v) is 4.14. The standard InChI is InChI=1S/C22H26N4/c1-16-11-19(12-17(2)24-16)13-18-5-4-10-26(14-18)15-21-8-7-20-6-3-9-23-22(20)25-21/h3,6-9,11-12,18H,4-5,10,13-15H2,1-2H3. The molecule has 3 aromatic heterocycles. The largest absolute Gasteiger partial charge is 0.297 e. The average Bonchev–Trinajstić information content (AvgIpc) is 2.61. The van der Waals surface area contributed by atoms with Crippen molar-refractivity contribution in [3.05, 3.63) is 65.2 Å². The first-order chi connectivity index (χ1) is 12.7. The van der Waals surface area contributed by atoms with Crippen LogP contribution in [0, 0.1) is 19.8 Å². The Hall–Kier alpha value is -2.33. The van der Waals surface area contributed by atoms with Crippen molar-refractivity contribution in [2.24, 2.45) is 5.92 Å². The molecule has 1 atom stereocenters. The Bertz CT molecular complexity index is 885. The molecule has 1 unspecified atom stereocenters. The van der Waals surface area contributed by atoms with E-state index in [4.69, 9.17) is 4.98 Å². The van der Waals surface area contributed by atoms with E-state index >= 15 is 0 Å². The van der Waals surface area contributed by atoms with Gasteiger partial charge < -0.3 is 0 Å². The fourth-order valence-electron chi connectivity index (χ4n) is 4.14. The highest BCUT2D eigenvalue weighted by Gasteiger charge is 2.21. The zero-order valence-electron chi connectivity index (χ0n) is 15.7. The molecule has 4 heterocycles. The third-order valence-corrected chi connectivity index (χ3v) is 5.18. The first-order valence-electron chi connectivity index (χ1n) is 9.53. The Kier molecular flexibility index (Phi) is 4.93. The quantitative estimate of drug-likeness (QED) is 0.713. The molecule has 1 fully saturated rings. The summed E-state index contributed by atoms with van der Waals surface area (Å²) >= 11 is 0. The second kappa shape index (κ2) is 7.50. The minimum Gasteiger partial charge on any atom is -0.297 e. The van der Waals surface area contributed by atoms with Crippen LogP contribution in [0.15, 0.2) is 42.6 Å². The number of nitrogens with zero attached hydrogens (tertiary/aromatic N) is 4. The van der Waals surface area contributed by atoms with Crippen LogP contribution in [0.5, 0.6) is 0 Å². The van der Waals surface area contributed by atoms with E-state index in [9.17, 15) is 0 Å². The summed E-state index contributed by atoms with van der Waals surface area (Å²) in [6, 6.07) is 12.8. The normalized spacial score (nSPS) is 18.3. The first-order valence-corrected chi connectivity index (χ1v) is 9.53. The summed E-state index contributed by atoms with van der Waals surface area (Å²) in [7, 11) is 0. The van der Waals surface area contributed by atoms with Gasteiger partial charge in [0.25, 0.3) is 0 Å². The first kappa shape index (κ1) is 17.1. The second-order valence-electron chi connectivity index (χ2n) is 7.56. The summed E-state index contributed by atoms with van der Waals surface area (Å²) in [5.41, 5.74) is 5.64. The van der Waals surface area contributed by atoms with Crippen LogP contribution in [-0.4, -0.2) is 32.9 Å². The molecule has 0 spiro atoms. The van der Waals surface area contributed by atoms with Crippen molar-refractivity contribution < 1.29 is 0 Å². The zero-order valence-corrected chi connectivity index (χ0v) is 15.7. The maximum atomic E-state index is 4.74. The van der Waals surface area contributed by atoms with Gasteiger partial charge in [-0.2, -0.15) is 0 Å². The molecule has 0 aromatic carbocycles. The van der Waals surface area contributed by atoms with Gasteiger partial charge in [-0.05, 0) is 87.5 Å². The molecule has 4 nitrogen and oxygen atoms in total. The van der Waals surface area contributed by atoms with Crippen LogP contribution in [0.25, 0.3) is 11.0 Å². The van der Waals surface area contributed by atoms with Crippen LogP contribution in [-0.2, 0) is 13.0 Å². The summed E-state index contributed by atoms with van der Waals surface area (Å²) < 4.78 is 0. The van der Waals surface area contributed by atoms with Crippen LogP contribution in [0.2, 0.25) is 0 Å². The zero-order chi connectivity index (χ0) is 17.9. The van der Waals surface area contributed by atoms with Crippen molar-refractivity contribution in [3.63, 3.8) is 0 Å². The number of rotatable bonds is 4. The molecule has 0 N–H and O–H groups in total. The molecule has 0 bridgehead atoms. The lowest BCUT2D eigenvalue weighted by Crippen LogP contribution is -2.36. The maximum Gasteiger partial charge on any atom is 0.159 e. The van der Waals surface area contributed by atoms with Gasteiger partial charge >= 0.3 is 0 Å². The molecule has 1 aliphatic heterocycles. The number of hydrogen-bond acceptors (Lipinski definition) is 4. The van der Waals surface area contributed by atoms with E-state index in [1.54, 1.807) is 0 Å². The smallest absolute Gasteiger partial charge is 0.159 e. The van der Waals surface area contributed by atoms with Crippen LogP contribution in [0.3, 0.4) is 0 Å². The average molecular weight is 346 g/mol. The minimum absolute atomic E-state index is 0.712. The molecular weight excluding hydrogens is 320 g/mol. The third kappa shape index (κ3) is 4.07. The minimum atomic E-state index is 0.712. The van der Waals surface area contributed by atoms with E-state index in [2.05, 4.69) is 59.0 Å². The van der Waals surface area contributed by atoms with Gasteiger partial charge in [0, 0.05) is 36.1 Å². The van der Waals surface area contributed by atoms with Crippen LogP contribution < -0.4 is 0 Å². The summed E-state index contributed by atoms with van der Waals surface area (Å²) in [6.07, 6.45) is 5.53. The topological polar surface area (TPSA) is 41.9 Å². The van der Waals surface area contributed by atoms with E-state index in [-0.39, 0.29) is 0 Å². The van der Waals surface area contributed by atoms with Gasteiger partial charge in [-0.3, -0.25) is 9.88 Å². The van der Waals surface area contributed by atoms with Crippen molar-refractivity contribution in [1.82, 2.24) is 19.9 Å². The molecule has 1 aliphatic rings. The van der Waals surface area contributed by atoms with E-state index in [1.807, 2.05) is 12.3 Å². The lowest BCUT2D eigenvalue weighted by Gasteiger charge is -2.32. The Morgan fingerprint density at radius 3 is 2.77 bits per heavy atom. The lowest BCUT2D eigenvalue weighted by molar-refractivity contribution is 0.165. The van der Waals surface area contributed by atoms with Crippen molar-refractivity contribution in [1.29, 1.82) is 0 Å². The van der Waals surface area contributed by atoms with E-state index in [0.717, 1.165) is 54.2 Å².